The van der Waals surface area contributed by atoms with Gasteiger partial charge in [-0.2, -0.15) is 0 Å². The third-order valence-electron chi connectivity index (χ3n) is 4.11. The van der Waals surface area contributed by atoms with Crippen LogP contribution in [0.1, 0.15) is 30.0 Å². The number of hydrogen-bond acceptors (Lipinski definition) is 4. The summed E-state index contributed by atoms with van der Waals surface area (Å²) in [6.45, 7) is 5.02. The Labute approximate surface area is 157 Å². The van der Waals surface area contributed by atoms with Crippen molar-refractivity contribution in [3.8, 4) is 5.75 Å². The molecule has 0 saturated carbocycles. The van der Waals surface area contributed by atoms with Crippen molar-refractivity contribution in [2.75, 3.05) is 6.61 Å². The molecule has 0 unspecified atom stereocenters. The summed E-state index contributed by atoms with van der Waals surface area (Å²) < 4.78 is 5.56. The number of imide groups is 1. The first kappa shape index (κ1) is 18.3. The molecule has 5 heteroatoms. The van der Waals surface area contributed by atoms with Crippen LogP contribution in [0.15, 0.2) is 53.4 Å². The largest absolute Gasteiger partial charge is 0.494 e. The quantitative estimate of drug-likeness (QED) is 0.673. The molecule has 2 amide bonds. The molecular weight excluding hydrogens is 346 g/mol. The van der Waals surface area contributed by atoms with Crippen LogP contribution in [-0.2, 0) is 11.3 Å². The minimum absolute atomic E-state index is 0.229. The molecule has 0 bridgehead atoms. The molecular formula is C21H21NO3S. The first-order valence-corrected chi connectivity index (χ1v) is 9.43. The summed E-state index contributed by atoms with van der Waals surface area (Å²) in [4.78, 5) is 26.7. The van der Waals surface area contributed by atoms with Gasteiger partial charge in [-0.3, -0.25) is 14.5 Å². The molecule has 2 aromatic carbocycles. The van der Waals surface area contributed by atoms with Gasteiger partial charge in [0, 0.05) is 0 Å². The number of carbonyl (C=O) groups is 2. The van der Waals surface area contributed by atoms with Crippen LogP contribution in [0.25, 0.3) is 6.08 Å². The first-order chi connectivity index (χ1) is 12.6. The highest BCUT2D eigenvalue weighted by atomic mass is 32.2. The summed E-state index contributed by atoms with van der Waals surface area (Å²) in [5.74, 6) is 0.561. The van der Waals surface area contributed by atoms with E-state index < -0.39 is 0 Å². The Morgan fingerprint density at radius 2 is 1.81 bits per heavy atom. The van der Waals surface area contributed by atoms with Crippen molar-refractivity contribution in [3.63, 3.8) is 0 Å². The zero-order chi connectivity index (χ0) is 18.5. The van der Waals surface area contributed by atoms with E-state index in [1.807, 2.05) is 55.5 Å². The van der Waals surface area contributed by atoms with Crippen molar-refractivity contribution in [3.05, 3.63) is 70.1 Å². The standard InChI is InChI=1S/C21H21NO3S/c1-3-12-25-18-10-8-16(9-11-18)13-19-20(23)22(21(24)26-19)14-17-7-5-4-6-15(17)2/h4-11,13H,3,12,14H2,1-2H3/b19-13-. The summed E-state index contributed by atoms with van der Waals surface area (Å²) in [5.41, 5.74) is 2.92. The van der Waals surface area contributed by atoms with Crippen LogP contribution >= 0.6 is 11.8 Å². The normalized spacial score (nSPS) is 15.8. The minimum atomic E-state index is -0.241. The van der Waals surface area contributed by atoms with Crippen LogP contribution in [0.3, 0.4) is 0 Å². The molecule has 1 fully saturated rings. The van der Waals surface area contributed by atoms with Crippen molar-refractivity contribution in [2.24, 2.45) is 0 Å². The van der Waals surface area contributed by atoms with Crippen molar-refractivity contribution >= 4 is 29.0 Å². The van der Waals surface area contributed by atoms with E-state index in [0.717, 1.165) is 40.6 Å². The number of carbonyl (C=O) groups excluding carboxylic acids is 2. The topological polar surface area (TPSA) is 46.6 Å². The Balaban J connectivity index is 1.73. The van der Waals surface area contributed by atoms with Gasteiger partial charge in [-0.05, 0) is 60.0 Å². The fourth-order valence-electron chi connectivity index (χ4n) is 2.63. The smallest absolute Gasteiger partial charge is 0.293 e. The summed E-state index contributed by atoms with van der Waals surface area (Å²) in [5, 5.41) is -0.229. The van der Waals surface area contributed by atoms with Gasteiger partial charge in [-0.1, -0.05) is 43.3 Å². The molecule has 1 aliphatic heterocycles. The zero-order valence-electron chi connectivity index (χ0n) is 14.9. The molecule has 0 radical (unpaired) electrons. The molecule has 3 rings (SSSR count). The Kier molecular flexibility index (Phi) is 5.78. The lowest BCUT2D eigenvalue weighted by Gasteiger charge is -2.14. The molecule has 2 aromatic rings. The Morgan fingerprint density at radius 3 is 2.50 bits per heavy atom. The van der Waals surface area contributed by atoms with E-state index in [0.29, 0.717) is 18.1 Å². The Bertz CT molecular complexity index is 843. The van der Waals surface area contributed by atoms with E-state index >= 15 is 0 Å². The van der Waals surface area contributed by atoms with Crippen molar-refractivity contribution in [1.29, 1.82) is 0 Å². The summed E-state index contributed by atoms with van der Waals surface area (Å²) >= 11 is 0.987. The van der Waals surface area contributed by atoms with Crippen LogP contribution in [0.2, 0.25) is 0 Å². The van der Waals surface area contributed by atoms with Gasteiger partial charge in [0.1, 0.15) is 5.75 Å². The van der Waals surface area contributed by atoms with Crippen LogP contribution in [0.5, 0.6) is 5.75 Å². The average molecular weight is 367 g/mol. The first-order valence-electron chi connectivity index (χ1n) is 8.61. The maximum atomic E-state index is 12.6. The third kappa shape index (κ3) is 4.17. The number of rotatable bonds is 6. The lowest BCUT2D eigenvalue weighted by molar-refractivity contribution is -0.123. The maximum Gasteiger partial charge on any atom is 0.293 e. The second kappa shape index (κ2) is 8.23. The van der Waals surface area contributed by atoms with Crippen molar-refractivity contribution in [1.82, 2.24) is 4.90 Å². The van der Waals surface area contributed by atoms with Crippen LogP contribution in [-0.4, -0.2) is 22.7 Å². The van der Waals surface area contributed by atoms with Crippen molar-refractivity contribution < 1.29 is 14.3 Å². The highest BCUT2D eigenvalue weighted by molar-refractivity contribution is 8.18. The van der Waals surface area contributed by atoms with Gasteiger partial charge in [0.05, 0.1) is 18.1 Å². The lowest BCUT2D eigenvalue weighted by Crippen LogP contribution is -2.27. The maximum absolute atomic E-state index is 12.6. The molecule has 26 heavy (non-hydrogen) atoms. The van der Waals surface area contributed by atoms with Gasteiger partial charge in [0.25, 0.3) is 11.1 Å². The van der Waals surface area contributed by atoms with Gasteiger partial charge in [0.2, 0.25) is 0 Å². The van der Waals surface area contributed by atoms with Crippen LogP contribution in [0.4, 0.5) is 4.79 Å². The predicted molar refractivity (Wildman–Crippen MR) is 105 cm³/mol. The molecule has 1 aliphatic rings. The number of amides is 2. The lowest BCUT2D eigenvalue weighted by atomic mass is 10.1. The molecule has 0 aliphatic carbocycles. The highest BCUT2D eigenvalue weighted by Crippen LogP contribution is 2.33. The molecule has 4 nitrogen and oxygen atoms in total. The second-order valence-electron chi connectivity index (χ2n) is 6.11. The van der Waals surface area contributed by atoms with Crippen LogP contribution in [0, 0.1) is 6.92 Å². The van der Waals surface area contributed by atoms with Gasteiger partial charge >= 0.3 is 0 Å². The highest BCUT2D eigenvalue weighted by Gasteiger charge is 2.35. The van der Waals surface area contributed by atoms with Crippen molar-refractivity contribution in [2.45, 2.75) is 26.8 Å². The summed E-state index contributed by atoms with van der Waals surface area (Å²) in [7, 11) is 0. The molecule has 1 saturated heterocycles. The Hall–Kier alpha value is -2.53. The molecule has 0 aromatic heterocycles. The molecule has 0 N–H and O–H groups in total. The number of aryl methyl sites for hydroxylation is 1. The van der Waals surface area contributed by atoms with E-state index in [4.69, 9.17) is 4.74 Å². The SMILES string of the molecule is CCCOc1ccc(/C=C2\SC(=O)N(Cc3ccccc3C)C2=O)cc1. The van der Waals surface area contributed by atoms with E-state index in [2.05, 4.69) is 6.92 Å². The predicted octanol–water partition coefficient (Wildman–Crippen LogP) is 5.02. The number of nitrogens with zero attached hydrogens (tertiary/aromatic N) is 1. The summed E-state index contributed by atoms with van der Waals surface area (Å²) in [6.07, 6.45) is 2.71. The molecule has 1 heterocycles. The Morgan fingerprint density at radius 1 is 1.08 bits per heavy atom. The van der Waals surface area contributed by atoms with Gasteiger partial charge < -0.3 is 4.74 Å². The van der Waals surface area contributed by atoms with E-state index in [1.165, 1.54) is 4.90 Å². The van der Waals surface area contributed by atoms with Gasteiger partial charge in [-0.15, -0.1) is 0 Å². The minimum Gasteiger partial charge on any atom is -0.494 e. The van der Waals surface area contributed by atoms with E-state index in [9.17, 15) is 9.59 Å². The van der Waals surface area contributed by atoms with Gasteiger partial charge in [0.15, 0.2) is 0 Å². The zero-order valence-corrected chi connectivity index (χ0v) is 15.7. The number of benzene rings is 2. The van der Waals surface area contributed by atoms with E-state index in [1.54, 1.807) is 6.08 Å². The number of thioether (sulfide) groups is 1. The fraction of sp³-hybridized carbons (Fsp3) is 0.238. The average Bonchev–Trinajstić information content (AvgIpc) is 2.90. The fourth-order valence-corrected chi connectivity index (χ4v) is 3.46. The number of hydrogen-bond donors (Lipinski definition) is 0. The molecule has 0 atom stereocenters. The monoisotopic (exact) mass is 367 g/mol. The summed E-state index contributed by atoms with van der Waals surface area (Å²) in [6, 6.07) is 15.3. The van der Waals surface area contributed by atoms with E-state index in [-0.39, 0.29) is 11.1 Å². The molecule has 0 spiro atoms. The molecule has 134 valence electrons. The van der Waals surface area contributed by atoms with Gasteiger partial charge in [-0.25, -0.2) is 0 Å². The number of ether oxygens (including phenoxy) is 1. The second-order valence-corrected chi connectivity index (χ2v) is 7.11. The third-order valence-corrected chi connectivity index (χ3v) is 5.02. The van der Waals surface area contributed by atoms with Crippen LogP contribution < -0.4 is 4.74 Å².